The van der Waals surface area contributed by atoms with E-state index in [-0.39, 0.29) is 0 Å². The number of nitrogens with zero attached hydrogens (tertiary/aromatic N) is 1. The van der Waals surface area contributed by atoms with E-state index in [1.807, 2.05) is 6.08 Å². The molecule has 1 aromatic carbocycles. The highest BCUT2D eigenvalue weighted by molar-refractivity contribution is 6.14. The predicted octanol–water partition coefficient (Wildman–Crippen LogP) is 3.08. The number of hydrogen-bond donors (Lipinski definition) is 0. The quantitative estimate of drug-likeness (QED) is 0.529. The lowest BCUT2D eigenvalue weighted by molar-refractivity contribution is 1.26. The number of allylic oxidation sites excluding steroid dienone is 2. The Morgan fingerprint density at radius 3 is 2.73 bits per heavy atom. The molecule has 1 aromatic heterocycles. The predicted molar refractivity (Wildman–Crippen MR) is 67.1 cm³/mol. The van der Waals surface area contributed by atoms with Crippen LogP contribution < -0.4 is 0 Å². The minimum absolute atomic E-state index is 1.21. The second-order valence-corrected chi connectivity index (χ2v) is 4.01. The van der Waals surface area contributed by atoms with E-state index in [9.17, 15) is 0 Å². The third-order valence-corrected chi connectivity index (χ3v) is 3.16. The number of para-hydroxylation sites is 1. The molecule has 0 spiro atoms. The molecule has 2 aromatic rings. The van der Waals surface area contributed by atoms with Crippen molar-refractivity contribution in [3.05, 3.63) is 54.3 Å². The van der Waals surface area contributed by atoms with E-state index in [2.05, 4.69) is 63.9 Å². The van der Waals surface area contributed by atoms with Crippen molar-refractivity contribution in [2.45, 2.75) is 6.92 Å². The van der Waals surface area contributed by atoms with Crippen molar-refractivity contribution in [1.82, 2.24) is 3.55 Å². The number of rotatable bonds is 2. The van der Waals surface area contributed by atoms with Gasteiger partial charge in [-0.2, -0.15) is 0 Å². The number of benzene rings is 1. The SMILES string of the molecule is C=C/C=C\c1c(C)c2ccccc2[n]1[Al]. The van der Waals surface area contributed by atoms with Gasteiger partial charge in [0.15, 0.2) is 0 Å². The molecule has 0 atom stereocenters. The number of fused-ring (bicyclic) bond motifs is 1. The summed E-state index contributed by atoms with van der Waals surface area (Å²) >= 11 is 2.75. The highest BCUT2D eigenvalue weighted by Gasteiger charge is 2.06. The molecule has 0 saturated carbocycles. The van der Waals surface area contributed by atoms with Crippen molar-refractivity contribution in [2.24, 2.45) is 0 Å². The van der Waals surface area contributed by atoms with Gasteiger partial charge in [0.25, 0.3) is 0 Å². The highest BCUT2D eigenvalue weighted by Crippen LogP contribution is 2.24. The summed E-state index contributed by atoms with van der Waals surface area (Å²) in [5, 5.41) is 1.30. The van der Waals surface area contributed by atoms with Gasteiger partial charge in [-0.1, -0.05) is 36.9 Å². The van der Waals surface area contributed by atoms with Crippen LogP contribution in [0.5, 0.6) is 0 Å². The van der Waals surface area contributed by atoms with Gasteiger partial charge in [-0.15, -0.1) is 0 Å². The van der Waals surface area contributed by atoms with Crippen molar-refractivity contribution in [3.63, 3.8) is 0 Å². The average Bonchev–Trinajstić information content (AvgIpc) is 2.51. The first-order valence-corrected chi connectivity index (χ1v) is 5.41. The molecule has 1 heterocycles. The van der Waals surface area contributed by atoms with Gasteiger partial charge in [0, 0.05) is 16.6 Å². The summed E-state index contributed by atoms with van der Waals surface area (Å²) in [6.45, 7) is 5.83. The van der Waals surface area contributed by atoms with Gasteiger partial charge in [0.2, 0.25) is 0 Å². The van der Waals surface area contributed by atoms with Gasteiger partial charge in [0.1, 0.15) is 0 Å². The topological polar surface area (TPSA) is 4.93 Å². The van der Waals surface area contributed by atoms with Crippen LogP contribution in [0.4, 0.5) is 0 Å². The standard InChI is InChI=1S/C13H12N.Al/c1-3-4-8-12-10(2)11-7-5-6-9-13(11)14-12;/h3-9H,1H2,2H3;/q-1;+1/b8-4-;. The van der Waals surface area contributed by atoms with Crippen LogP contribution in [-0.4, -0.2) is 20.1 Å². The van der Waals surface area contributed by atoms with Crippen LogP contribution in [-0.2, 0) is 0 Å². The van der Waals surface area contributed by atoms with E-state index >= 15 is 0 Å². The molecular formula is C13H12AlN. The molecule has 2 rings (SSSR count). The molecule has 2 heteroatoms. The zero-order valence-electron chi connectivity index (χ0n) is 8.77. The first-order valence-electron chi connectivity index (χ1n) is 4.90. The Morgan fingerprint density at radius 1 is 1.33 bits per heavy atom. The lowest BCUT2D eigenvalue weighted by atomic mass is 10.1. The fourth-order valence-corrected chi connectivity index (χ4v) is 2.32. The summed E-state index contributed by atoms with van der Waals surface area (Å²) in [5.74, 6) is 0. The largest absolute Gasteiger partial charge is 0.452 e. The summed E-state index contributed by atoms with van der Waals surface area (Å²) < 4.78 is 2.13. The molecule has 0 N–H and O–H groups in total. The third kappa shape index (κ3) is 1.67. The van der Waals surface area contributed by atoms with Crippen LogP contribution in [0.15, 0.2) is 43.0 Å². The van der Waals surface area contributed by atoms with E-state index in [0.717, 1.165) is 0 Å². The summed E-state index contributed by atoms with van der Waals surface area (Å²) in [6, 6.07) is 8.40. The zero-order chi connectivity index (χ0) is 10.8. The molecule has 0 aliphatic carbocycles. The Kier molecular flexibility index (Phi) is 2.82. The van der Waals surface area contributed by atoms with E-state index in [1.165, 1.54) is 22.2 Å². The molecule has 1 nitrogen and oxygen atoms in total. The Labute approximate surface area is 98.4 Å². The van der Waals surface area contributed by atoms with Crippen LogP contribution in [0.2, 0.25) is 0 Å². The molecule has 0 bridgehead atoms. The first-order chi connectivity index (χ1) is 7.25. The second kappa shape index (κ2) is 4.10. The van der Waals surface area contributed by atoms with Crippen molar-refractivity contribution in [3.8, 4) is 0 Å². The van der Waals surface area contributed by atoms with Crippen molar-refractivity contribution in [1.29, 1.82) is 0 Å². The lowest BCUT2D eigenvalue weighted by Crippen LogP contribution is -1.93. The van der Waals surface area contributed by atoms with Gasteiger partial charge in [-0.3, -0.25) is 0 Å². The summed E-state index contributed by atoms with van der Waals surface area (Å²) in [4.78, 5) is 0. The molecule has 2 radical (unpaired) electrons. The lowest BCUT2D eigenvalue weighted by Gasteiger charge is -2.01. The normalized spacial score (nSPS) is 11.3. The number of aromatic nitrogens is 1. The fraction of sp³-hybridized carbons (Fsp3) is 0.0769. The molecule has 0 aliphatic rings. The zero-order valence-corrected chi connectivity index (χ0v) is 9.93. The second-order valence-electron chi connectivity index (χ2n) is 3.49. The molecule has 0 saturated heterocycles. The van der Waals surface area contributed by atoms with Crippen molar-refractivity contribution in [2.75, 3.05) is 0 Å². The average molecular weight is 209 g/mol. The molecule has 72 valence electrons. The van der Waals surface area contributed by atoms with E-state index in [4.69, 9.17) is 0 Å². The molecule has 15 heavy (non-hydrogen) atoms. The van der Waals surface area contributed by atoms with Gasteiger partial charge in [-0.25, -0.2) is 0 Å². The van der Waals surface area contributed by atoms with Crippen LogP contribution in [0.3, 0.4) is 0 Å². The van der Waals surface area contributed by atoms with Crippen LogP contribution in [0.1, 0.15) is 11.3 Å². The minimum Gasteiger partial charge on any atom is -0.452 e. The Bertz CT molecular complexity index is 496. The molecular weight excluding hydrogens is 197 g/mol. The van der Waals surface area contributed by atoms with E-state index < -0.39 is 0 Å². The maximum absolute atomic E-state index is 3.69. The third-order valence-electron chi connectivity index (χ3n) is 2.60. The molecule has 0 unspecified atom stereocenters. The number of hydrogen-bond acceptors (Lipinski definition) is 0. The summed E-state index contributed by atoms with van der Waals surface area (Å²) in [6.07, 6.45) is 5.83. The van der Waals surface area contributed by atoms with E-state index in [1.54, 1.807) is 6.08 Å². The Morgan fingerprint density at radius 2 is 2.07 bits per heavy atom. The smallest absolute Gasteiger partial charge is 0.318 e. The van der Waals surface area contributed by atoms with Crippen molar-refractivity contribution < 1.29 is 0 Å². The van der Waals surface area contributed by atoms with Gasteiger partial charge in [0.05, 0.1) is 0 Å². The van der Waals surface area contributed by atoms with Crippen LogP contribution in [0, 0.1) is 6.92 Å². The summed E-state index contributed by atoms with van der Waals surface area (Å²) in [5.41, 5.74) is 3.75. The van der Waals surface area contributed by atoms with Crippen molar-refractivity contribution >= 4 is 33.5 Å². The molecule has 0 aliphatic heterocycles. The molecule has 0 fully saturated rings. The van der Waals surface area contributed by atoms with Gasteiger partial charge >= 0.3 is 16.5 Å². The molecule has 0 amide bonds. The minimum atomic E-state index is 1.21. The van der Waals surface area contributed by atoms with Crippen LogP contribution in [0.25, 0.3) is 17.0 Å². The van der Waals surface area contributed by atoms with Gasteiger partial charge < -0.3 is 3.55 Å². The summed E-state index contributed by atoms with van der Waals surface area (Å²) in [7, 11) is 0. The monoisotopic (exact) mass is 209 g/mol. The highest BCUT2D eigenvalue weighted by atomic mass is 27.1. The maximum Gasteiger partial charge on any atom is 0.318 e. The van der Waals surface area contributed by atoms with E-state index in [0.29, 0.717) is 0 Å². The maximum atomic E-state index is 3.69. The Balaban J connectivity index is 2.74. The Hall–Kier alpha value is -1.23. The fourth-order valence-electron chi connectivity index (χ4n) is 1.81. The number of aryl methyl sites for hydroxylation is 1. The first kappa shape index (κ1) is 10.3. The van der Waals surface area contributed by atoms with Gasteiger partial charge in [-0.05, 0) is 24.6 Å². The van der Waals surface area contributed by atoms with Crippen LogP contribution >= 0.6 is 0 Å².